The number of aliphatic hydroxyl groups is 1. The summed E-state index contributed by atoms with van der Waals surface area (Å²) in [6.07, 6.45) is -1.86. The van der Waals surface area contributed by atoms with E-state index in [4.69, 9.17) is 14.2 Å². The first-order chi connectivity index (χ1) is 9.52. The van der Waals surface area contributed by atoms with Gasteiger partial charge in [0.15, 0.2) is 17.6 Å². The average molecular weight is 342 g/mol. The largest absolute Gasteiger partial charge is 0.486 e. The Morgan fingerprint density at radius 3 is 2.70 bits per heavy atom. The van der Waals surface area contributed by atoms with Crippen LogP contribution >= 0.6 is 15.9 Å². The Morgan fingerprint density at radius 2 is 2.05 bits per heavy atom. The first-order valence-corrected chi connectivity index (χ1v) is 7.14. The average Bonchev–Trinajstić information content (AvgIpc) is 2.44. The van der Waals surface area contributed by atoms with Crippen molar-refractivity contribution in [1.82, 2.24) is 0 Å². The fourth-order valence-electron chi connectivity index (χ4n) is 1.79. The molecule has 1 aliphatic heterocycles. The topological polar surface area (TPSA) is 71.7 Å². The molecule has 6 heteroatoms. The molecule has 2 rings (SSSR count). The molecule has 1 aliphatic rings. The predicted molar refractivity (Wildman–Crippen MR) is 75.7 cm³/mol. The summed E-state index contributed by atoms with van der Waals surface area (Å²) in [5.41, 5.74) is 0.663. The minimum Gasteiger partial charge on any atom is -0.486 e. The highest BCUT2D eigenvalue weighted by Crippen LogP contribution is 2.40. The monoisotopic (exact) mass is 341 g/mol. The molecule has 0 radical (unpaired) electrons. The maximum atomic E-state index is 9.47. The van der Waals surface area contributed by atoms with Crippen molar-refractivity contribution in [2.75, 3.05) is 13.2 Å². The van der Waals surface area contributed by atoms with Gasteiger partial charge in [-0.1, -0.05) is 0 Å². The van der Waals surface area contributed by atoms with E-state index < -0.39 is 18.3 Å². The Kier molecular flexibility index (Phi) is 4.86. The van der Waals surface area contributed by atoms with E-state index in [9.17, 15) is 10.4 Å². The third-order valence-corrected chi connectivity index (χ3v) is 3.66. The lowest BCUT2D eigenvalue weighted by Gasteiger charge is -2.23. The van der Waals surface area contributed by atoms with Gasteiger partial charge < -0.3 is 19.3 Å². The molecule has 0 saturated carbocycles. The van der Waals surface area contributed by atoms with E-state index in [1.54, 1.807) is 26.0 Å². The van der Waals surface area contributed by atoms with Crippen molar-refractivity contribution in [3.63, 3.8) is 0 Å². The Hall–Kier alpha value is -1.29. The fourth-order valence-corrected chi connectivity index (χ4v) is 2.37. The van der Waals surface area contributed by atoms with Crippen LogP contribution in [0.3, 0.4) is 0 Å². The third kappa shape index (κ3) is 3.23. The number of hydrogen-bond acceptors (Lipinski definition) is 5. The second-order valence-corrected chi connectivity index (χ2v) is 5.47. The maximum absolute atomic E-state index is 9.47. The normalized spacial score (nSPS) is 17.9. The number of aliphatic hydroxyl groups excluding tert-OH is 1. The summed E-state index contributed by atoms with van der Waals surface area (Å²) in [5, 5.41) is 18.7. The van der Waals surface area contributed by atoms with Gasteiger partial charge in [-0.15, -0.1) is 0 Å². The molecule has 3 unspecified atom stereocenters. The summed E-state index contributed by atoms with van der Waals surface area (Å²) < 4.78 is 17.3. The van der Waals surface area contributed by atoms with E-state index in [0.717, 1.165) is 4.47 Å². The van der Waals surface area contributed by atoms with Crippen LogP contribution in [0, 0.1) is 11.3 Å². The minimum absolute atomic E-state index is 0.438. The van der Waals surface area contributed by atoms with E-state index in [1.807, 2.05) is 0 Å². The third-order valence-electron chi connectivity index (χ3n) is 3.07. The van der Waals surface area contributed by atoms with Gasteiger partial charge >= 0.3 is 0 Å². The molecule has 0 aliphatic carbocycles. The Morgan fingerprint density at radius 1 is 1.35 bits per heavy atom. The van der Waals surface area contributed by atoms with Crippen molar-refractivity contribution in [2.45, 2.75) is 32.2 Å². The molecule has 0 spiro atoms. The van der Waals surface area contributed by atoms with Crippen LogP contribution in [-0.4, -0.2) is 30.5 Å². The van der Waals surface area contributed by atoms with Gasteiger partial charge in [0.25, 0.3) is 0 Å². The SMILES string of the molecule is CC(O)C(C)OC(C#N)c1cc(Br)c2c(c1)OCCO2. The van der Waals surface area contributed by atoms with E-state index in [-0.39, 0.29) is 0 Å². The van der Waals surface area contributed by atoms with Crippen LogP contribution in [0.2, 0.25) is 0 Å². The van der Waals surface area contributed by atoms with Gasteiger partial charge in [0.1, 0.15) is 13.2 Å². The zero-order valence-electron chi connectivity index (χ0n) is 11.3. The first-order valence-electron chi connectivity index (χ1n) is 6.35. The van der Waals surface area contributed by atoms with Gasteiger partial charge in [-0.2, -0.15) is 5.26 Å². The smallest absolute Gasteiger partial charge is 0.175 e. The highest BCUT2D eigenvalue weighted by molar-refractivity contribution is 9.10. The minimum atomic E-state index is -0.772. The Bertz CT molecular complexity index is 527. The highest BCUT2D eigenvalue weighted by Gasteiger charge is 2.23. The standard InChI is InChI=1S/C14H16BrNO4/c1-8(17)9(2)20-13(7-16)10-5-11(15)14-12(6-10)18-3-4-19-14/h5-6,8-9,13,17H,3-4H2,1-2H3. The molecule has 5 nitrogen and oxygen atoms in total. The molecular weight excluding hydrogens is 326 g/mol. The number of nitriles is 1. The zero-order chi connectivity index (χ0) is 14.7. The molecule has 0 bridgehead atoms. The maximum Gasteiger partial charge on any atom is 0.175 e. The second kappa shape index (κ2) is 6.44. The van der Waals surface area contributed by atoms with E-state index in [0.29, 0.717) is 30.3 Å². The quantitative estimate of drug-likeness (QED) is 0.911. The second-order valence-electron chi connectivity index (χ2n) is 4.62. The molecule has 0 fully saturated rings. The lowest BCUT2D eigenvalue weighted by Crippen LogP contribution is -2.24. The van der Waals surface area contributed by atoms with E-state index in [1.165, 1.54) is 0 Å². The number of hydrogen-bond donors (Lipinski definition) is 1. The Balaban J connectivity index is 2.27. The fraction of sp³-hybridized carbons (Fsp3) is 0.500. The molecule has 0 amide bonds. The number of ether oxygens (including phenoxy) is 3. The molecule has 0 aromatic heterocycles. The van der Waals surface area contributed by atoms with Crippen molar-refractivity contribution < 1.29 is 19.3 Å². The first kappa shape index (κ1) is 15.1. The number of halogens is 1. The van der Waals surface area contributed by atoms with E-state index in [2.05, 4.69) is 22.0 Å². The van der Waals surface area contributed by atoms with Gasteiger partial charge in [-0.05, 0) is 41.9 Å². The van der Waals surface area contributed by atoms with Crippen LogP contribution < -0.4 is 9.47 Å². The molecule has 20 heavy (non-hydrogen) atoms. The molecule has 108 valence electrons. The summed E-state index contributed by atoms with van der Waals surface area (Å²) in [6, 6.07) is 5.60. The van der Waals surface area contributed by atoms with Gasteiger partial charge in [-0.25, -0.2) is 0 Å². The van der Waals surface area contributed by atoms with Crippen molar-refractivity contribution in [2.24, 2.45) is 0 Å². The summed E-state index contributed by atoms with van der Waals surface area (Å²) in [4.78, 5) is 0. The predicted octanol–water partition coefficient (Wildman–Crippen LogP) is 2.57. The number of nitrogens with zero attached hydrogens (tertiary/aromatic N) is 1. The molecule has 1 aromatic rings. The summed E-state index contributed by atoms with van der Waals surface area (Å²) >= 11 is 3.41. The van der Waals surface area contributed by atoms with Crippen LogP contribution in [0.5, 0.6) is 11.5 Å². The molecule has 1 heterocycles. The summed E-state index contributed by atoms with van der Waals surface area (Å²) in [6.45, 7) is 4.33. The van der Waals surface area contributed by atoms with Gasteiger partial charge in [-0.3, -0.25) is 0 Å². The lowest BCUT2D eigenvalue weighted by atomic mass is 10.1. The molecule has 1 N–H and O–H groups in total. The highest BCUT2D eigenvalue weighted by atomic mass is 79.9. The van der Waals surface area contributed by atoms with Crippen LogP contribution in [0.4, 0.5) is 0 Å². The van der Waals surface area contributed by atoms with Crippen molar-refractivity contribution in [3.8, 4) is 17.6 Å². The van der Waals surface area contributed by atoms with Gasteiger partial charge in [0, 0.05) is 5.56 Å². The molecule has 1 aromatic carbocycles. The summed E-state index contributed by atoms with van der Waals surface area (Å²) in [7, 11) is 0. The summed E-state index contributed by atoms with van der Waals surface area (Å²) in [5.74, 6) is 1.23. The molecular formula is C14H16BrNO4. The van der Waals surface area contributed by atoms with Crippen molar-refractivity contribution >= 4 is 15.9 Å². The van der Waals surface area contributed by atoms with Crippen LogP contribution in [-0.2, 0) is 4.74 Å². The van der Waals surface area contributed by atoms with Gasteiger partial charge in [0.05, 0.1) is 22.7 Å². The Labute approximate surface area is 126 Å². The lowest BCUT2D eigenvalue weighted by molar-refractivity contribution is -0.0427. The van der Waals surface area contributed by atoms with Gasteiger partial charge in [0.2, 0.25) is 0 Å². The van der Waals surface area contributed by atoms with E-state index >= 15 is 0 Å². The number of benzene rings is 1. The van der Waals surface area contributed by atoms with Crippen LogP contribution in [0.1, 0.15) is 25.5 Å². The molecule has 3 atom stereocenters. The van der Waals surface area contributed by atoms with Crippen molar-refractivity contribution in [1.29, 1.82) is 5.26 Å². The number of fused-ring (bicyclic) bond motifs is 1. The van der Waals surface area contributed by atoms with Crippen molar-refractivity contribution in [3.05, 3.63) is 22.2 Å². The number of rotatable bonds is 4. The van der Waals surface area contributed by atoms with Crippen LogP contribution in [0.25, 0.3) is 0 Å². The molecule has 0 saturated heterocycles. The zero-order valence-corrected chi connectivity index (χ0v) is 12.9. The van der Waals surface area contributed by atoms with Crippen LogP contribution in [0.15, 0.2) is 16.6 Å².